The molecule has 142 valence electrons. The Hall–Kier alpha value is -1.51. The molecule has 0 atom stereocenters. The monoisotopic (exact) mass is 348 g/mol. The number of hydrogen-bond donors (Lipinski definition) is 1. The highest BCUT2D eigenvalue weighted by Crippen LogP contribution is 2.30. The predicted octanol–water partition coefficient (Wildman–Crippen LogP) is 6.94. The number of aryl methyl sites for hydroxylation is 1. The van der Waals surface area contributed by atoms with Crippen molar-refractivity contribution in [2.45, 2.75) is 97.8 Å². The van der Waals surface area contributed by atoms with E-state index in [4.69, 9.17) is 9.84 Å². The van der Waals surface area contributed by atoms with Crippen molar-refractivity contribution in [1.82, 2.24) is 0 Å². The maximum atomic E-state index is 11.1. The van der Waals surface area contributed by atoms with Crippen molar-refractivity contribution in [3.8, 4) is 5.75 Å². The number of carbonyl (C=O) groups is 1. The van der Waals surface area contributed by atoms with Crippen LogP contribution in [0.15, 0.2) is 12.1 Å². The average Bonchev–Trinajstić information content (AvgIpc) is 2.58. The van der Waals surface area contributed by atoms with Crippen molar-refractivity contribution in [3.63, 3.8) is 0 Å². The lowest BCUT2D eigenvalue weighted by Gasteiger charge is -2.18. The van der Waals surface area contributed by atoms with E-state index in [-0.39, 0.29) is 0 Å². The van der Waals surface area contributed by atoms with Crippen LogP contribution >= 0.6 is 0 Å². The molecule has 1 N–H and O–H groups in total. The number of benzene rings is 1. The summed E-state index contributed by atoms with van der Waals surface area (Å²) < 4.78 is 5.12. The lowest BCUT2D eigenvalue weighted by Crippen LogP contribution is -2.09. The normalized spacial score (nSPS) is 10.8. The van der Waals surface area contributed by atoms with Crippen LogP contribution in [0.2, 0.25) is 0 Å². The second kappa shape index (κ2) is 12.8. The minimum Gasteiger partial charge on any atom is -0.449 e. The van der Waals surface area contributed by atoms with Crippen LogP contribution in [0, 0.1) is 0 Å². The standard InChI is InChI=1S/C22H36O3/c1-4-7-10-13-18-16-17-21(25-22(23)24)20(15-12-9-6-3)19(18)14-11-8-5-2/h16-17H,4-15H2,1-3H3,(H,23,24). The number of carboxylic acid groups (broad SMARTS) is 1. The molecule has 0 bridgehead atoms. The van der Waals surface area contributed by atoms with Crippen molar-refractivity contribution < 1.29 is 14.6 Å². The summed E-state index contributed by atoms with van der Waals surface area (Å²) in [5.74, 6) is 0.550. The molecule has 0 amide bonds. The Morgan fingerprint density at radius 1 is 0.800 bits per heavy atom. The summed E-state index contributed by atoms with van der Waals surface area (Å²) >= 11 is 0. The van der Waals surface area contributed by atoms with Gasteiger partial charge in [-0.05, 0) is 61.3 Å². The Bertz CT molecular complexity index is 508. The Morgan fingerprint density at radius 3 is 1.84 bits per heavy atom. The van der Waals surface area contributed by atoms with Crippen molar-refractivity contribution in [2.75, 3.05) is 0 Å². The lowest BCUT2D eigenvalue weighted by molar-refractivity contribution is 0.144. The van der Waals surface area contributed by atoms with E-state index in [1.54, 1.807) is 0 Å². The van der Waals surface area contributed by atoms with E-state index in [9.17, 15) is 4.79 Å². The molecule has 1 aromatic rings. The Balaban J connectivity index is 3.12. The van der Waals surface area contributed by atoms with Crippen LogP contribution in [0.5, 0.6) is 5.75 Å². The molecule has 0 spiro atoms. The molecule has 0 heterocycles. The quantitative estimate of drug-likeness (QED) is 0.238. The molecule has 0 aromatic heterocycles. The zero-order valence-corrected chi connectivity index (χ0v) is 16.4. The van der Waals surface area contributed by atoms with E-state index >= 15 is 0 Å². The molecule has 3 heteroatoms. The SMILES string of the molecule is CCCCCc1ccc(OC(=O)O)c(CCCCC)c1CCCCC. The van der Waals surface area contributed by atoms with E-state index < -0.39 is 6.16 Å². The molecule has 3 nitrogen and oxygen atoms in total. The summed E-state index contributed by atoms with van der Waals surface area (Å²) in [5, 5.41) is 9.09. The second-order valence-corrected chi connectivity index (χ2v) is 6.92. The molecule has 1 aromatic carbocycles. The zero-order valence-electron chi connectivity index (χ0n) is 16.4. The van der Waals surface area contributed by atoms with Crippen LogP contribution in [-0.2, 0) is 19.3 Å². The summed E-state index contributed by atoms with van der Waals surface area (Å²) in [6.45, 7) is 6.63. The highest BCUT2D eigenvalue weighted by atomic mass is 16.7. The minimum atomic E-state index is -1.21. The van der Waals surface area contributed by atoms with Crippen LogP contribution in [-0.4, -0.2) is 11.3 Å². The maximum Gasteiger partial charge on any atom is 0.511 e. The third kappa shape index (κ3) is 7.94. The van der Waals surface area contributed by atoms with Gasteiger partial charge < -0.3 is 9.84 Å². The first-order valence-corrected chi connectivity index (χ1v) is 10.2. The summed E-state index contributed by atoms with van der Waals surface area (Å²) in [4.78, 5) is 11.1. The first kappa shape index (κ1) is 21.5. The lowest BCUT2D eigenvalue weighted by atomic mass is 9.89. The molecule has 0 unspecified atom stereocenters. The van der Waals surface area contributed by atoms with E-state index in [2.05, 4.69) is 26.8 Å². The third-order valence-corrected chi connectivity index (χ3v) is 4.79. The summed E-state index contributed by atoms with van der Waals surface area (Å²) in [7, 11) is 0. The van der Waals surface area contributed by atoms with Gasteiger partial charge in [0.1, 0.15) is 5.75 Å². The fraction of sp³-hybridized carbons (Fsp3) is 0.682. The molecule has 1 rings (SSSR count). The molecule has 0 fully saturated rings. The topological polar surface area (TPSA) is 46.5 Å². The van der Waals surface area contributed by atoms with Gasteiger partial charge in [0.25, 0.3) is 0 Å². The molecule has 0 aliphatic heterocycles. The van der Waals surface area contributed by atoms with Crippen LogP contribution in [0.25, 0.3) is 0 Å². The molecule has 0 aliphatic carbocycles. The molecule has 25 heavy (non-hydrogen) atoms. The van der Waals surface area contributed by atoms with Crippen molar-refractivity contribution in [3.05, 3.63) is 28.8 Å². The fourth-order valence-electron chi connectivity index (χ4n) is 3.40. The highest BCUT2D eigenvalue weighted by molar-refractivity contribution is 5.63. The zero-order chi connectivity index (χ0) is 18.5. The number of ether oxygens (including phenoxy) is 1. The van der Waals surface area contributed by atoms with Gasteiger partial charge in [0.2, 0.25) is 0 Å². The molecule has 0 radical (unpaired) electrons. The average molecular weight is 349 g/mol. The van der Waals surface area contributed by atoms with Gasteiger partial charge in [-0.25, -0.2) is 4.79 Å². The van der Waals surface area contributed by atoms with E-state index in [0.717, 1.165) is 44.1 Å². The van der Waals surface area contributed by atoms with Gasteiger partial charge in [-0.3, -0.25) is 0 Å². The van der Waals surface area contributed by atoms with Crippen LogP contribution in [0.1, 0.15) is 95.2 Å². The molecule has 0 saturated heterocycles. The van der Waals surface area contributed by atoms with Gasteiger partial charge in [0.05, 0.1) is 0 Å². The molecular formula is C22H36O3. The van der Waals surface area contributed by atoms with Crippen molar-refractivity contribution >= 4 is 6.16 Å². The van der Waals surface area contributed by atoms with Crippen molar-refractivity contribution in [1.29, 1.82) is 0 Å². The first-order valence-electron chi connectivity index (χ1n) is 10.2. The van der Waals surface area contributed by atoms with Gasteiger partial charge in [-0.2, -0.15) is 0 Å². The summed E-state index contributed by atoms with van der Waals surface area (Å²) in [6.07, 6.45) is 12.5. The smallest absolute Gasteiger partial charge is 0.449 e. The van der Waals surface area contributed by atoms with E-state index in [1.165, 1.54) is 49.7 Å². The third-order valence-electron chi connectivity index (χ3n) is 4.79. The predicted molar refractivity (Wildman–Crippen MR) is 105 cm³/mol. The van der Waals surface area contributed by atoms with Gasteiger partial charge in [-0.15, -0.1) is 0 Å². The van der Waals surface area contributed by atoms with Crippen molar-refractivity contribution in [2.24, 2.45) is 0 Å². The van der Waals surface area contributed by atoms with Gasteiger partial charge in [0, 0.05) is 0 Å². The van der Waals surface area contributed by atoms with Crippen LogP contribution in [0.4, 0.5) is 4.79 Å². The van der Waals surface area contributed by atoms with Gasteiger partial charge in [0.15, 0.2) is 0 Å². The minimum absolute atomic E-state index is 0.550. The Labute approximate surface area is 153 Å². The summed E-state index contributed by atoms with van der Waals surface area (Å²) in [6, 6.07) is 3.97. The highest BCUT2D eigenvalue weighted by Gasteiger charge is 2.16. The van der Waals surface area contributed by atoms with Crippen LogP contribution in [0.3, 0.4) is 0 Å². The van der Waals surface area contributed by atoms with E-state index in [1.807, 2.05) is 6.07 Å². The summed E-state index contributed by atoms with van der Waals surface area (Å²) in [5.41, 5.74) is 3.90. The fourth-order valence-corrected chi connectivity index (χ4v) is 3.40. The second-order valence-electron chi connectivity index (χ2n) is 6.92. The van der Waals surface area contributed by atoms with Gasteiger partial charge >= 0.3 is 6.16 Å². The Morgan fingerprint density at radius 2 is 1.32 bits per heavy atom. The number of rotatable bonds is 13. The largest absolute Gasteiger partial charge is 0.511 e. The molecule has 0 aliphatic rings. The molecular weight excluding hydrogens is 312 g/mol. The maximum absolute atomic E-state index is 11.1. The van der Waals surface area contributed by atoms with Crippen LogP contribution < -0.4 is 4.74 Å². The Kier molecular flexibility index (Phi) is 11.0. The molecule has 0 saturated carbocycles. The number of hydrogen-bond acceptors (Lipinski definition) is 2. The van der Waals surface area contributed by atoms with Gasteiger partial charge in [-0.1, -0.05) is 65.4 Å². The number of unbranched alkanes of at least 4 members (excludes halogenated alkanes) is 6. The van der Waals surface area contributed by atoms with E-state index in [0.29, 0.717) is 5.75 Å². The first-order chi connectivity index (χ1) is 12.1.